The maximum Gasteiger partial charge on any atom is 0.244 e. The van der Waals surface area contributed by atoms with Crippen LogP contribution in [0.25, 0.3) is 0 Å². The van der Waals surface area contributed by atoms with Gasteiger partial charge in [0, 0.05) is 33.1 Å². The van der Waals surface area contributed by atoms with Crippen LogP contribution in [-0.2, 0) is 32.6 Å². The Labute approximate surface area is 260 Å². The van der Waals surface area contributed by atoms with Crippen molar-refractivity contribution in [2.24, 2.45) is 5.92 Å². The SMILES string of the molecule is CC(C)CNC(=O)[C@H](Cc1ccccc1)N(Cc1ccc(Cl)cc1Cl)C(=O)CN(c1ccc(I)cc1)S(C)(=O)=O. The number of halogens is 3. The van der Waals surface area contributed by atoms with Crippen LogP contribution in [-0.4, -0.2) is 50.5 Å². The molecular weight excluding hydrogens is 684 g/mol. The summed E-state index contributed by atoms with van der Waals surface area (Å²) in [7, 11) is -3.83. The highest BCUT2D eigenvalue weighted by molar-refractivity contribution is 14.1. The Morgan fingerprint density at radius 1 is 0.975 bits per heavy atom. The molecule has 3 aromatic carbocycles. The first kappa shape index (κ1) is 32.2. The van der Waals surface area contributed by atoms with Gasteiger partial charge in [-0.25, -0.2) is 8.42 Å². The summed E-state index contributed by atoms with van der Waals surface area (Å²) >= 11 is 14.7. The van der Waals surface area contributed by atoms with E-state index in [1.807, 2.05) is 44.2 Å². The summed E-state index contributed by atoms with van der Waals surface area (Å²) in [6.45, 7) is 3.87. The Morgan fingerprint density at radius 3 is 2.20 bits per heavy atom. The van der Waals surface area contributed by atoms with Crippen LogP contribution >= 0.6 is 45.8 Å². The molecule has 0 aliphatic heterocycles. The van der Waals surface area contributed by atoms with Gasteiger partial charge in [-0.1, -0.05) is 73.4 Å². The molecule has 0 aliphatic carbocycles. The normalized spacial score (nSPS) is 12.2. The first-order chi connectivity index (χ1) is 18.8. The third-order valence-corrected chi connectivity index (χ3v) is 8.55. The van der Waals surface area contributed by atoms with Crippen molar-refractivity contribution in [2.45, 2.75) is 32.9 Å². The molecule has 0 bridgehead atoms. The van der Waals surface area contributed by atoms with E-state index < -0.39 is 28.5 Å². The summed E-state index contributed by atoms with van der Waals surface area (Å²) in [5.74, 6) is -0.690. The van der Waals surface area contributed by atoms with Crippen molar-refractivity contribution >= 4 is 73.3 Å². The Kier molecular flexibility index (Phi) is 11.7. The fraction of sp³-hybridized carbons (Fsp3) is 0.310. The fourth-order valence-corrected chi connectivity index (χ4v) is 5.71. The molecular formula is C29H32Cl2IN3O4S. The predicted molar refractivity (Wildman–Crippen MR) is 170 cm³/mol. The Morgan fingerprint density at radius 2 is 1.62 bits per heavy atom. The van der Waals surface area contributed by atoms with Gasteiger partial charge in [-0.05, 0) is 76.0 Å². The van der Waals surface area contributed by atoms with Gasteiger partial charge < -0.3 is 10.2 Å². The summed E-state index contributed by atoms with van der Waals surface area (Å²) in [6.07, 6.45) is 1.28. The number of amides is 2. The van der Waals surface area contributed by atoms with E-state index in [9.17, 15) is 18.0 Å². The average Bonchev–Trinajstić information content (AvgIpc) is 2.89. The minimum absolute atomic E-state index is 0.0221. The second kappa shape index (κ2) is 14.5. The number of nitrogens with one attached hydrogen (secondary N) is 1. The van der Waals surface area contributed by atoms with Crippen molar-refractivity contribution in [3.63, 3.8) is 0 Å². The summed E-state index contributed by atoms with van der Waals surface area (Å²) in [6, 6.07) is 20.2. The summed E-state index contributed by atoms with van der Waals surface area (Å²) in [5.41, 5.74) is 1.78. The van der Waals surface area contributed by atoms with Crippen LogP contribution < -0.4 is 9.62 Å². The second-order valence-corrected chi connectivity index (χ2v) is 13.8. The highest BCUT2D eigenvalue weighted by atomic mass is 127. The van der Waals surface area contributed by atoms with Gasteiger partial charge in [0.05, 0.1) is 11.9 Å². The molecule has 7 nitrogen and oxygen atoms in total. The smallest absolute Gasteiger partial charge is 0.244 e. The third kappa shape index (κ3) is 9.36. The lowest BCUT2D eigenvalue weighted by Gasteiger charge is -2.34. The van der Waals surface area contributed by atoms with Crippen LogP contribution in [0, 0.1) is 9.49 Å². The number of nitrogens with zero attached hydrogens (tertiary/aromatic N) is 2. The van der Waals surface area contributed by atoms with E-state index in [-0.39, 0.29) is 24.8 Å². The molecule has 2 amide bonds. The number of carbonyl (C=O) groups is 2. The molecule has 1 N–H and O–H groups in total. The quantitative estimate of drug-likeness (QED) is 0.241. The zero-order valence-corrected chi connectivity index (χ0v) is 27.0. The molecule has 0 unspecified atom stereocenters. The standard InChI is InChI=1S/C29H32Cl2IN3O4S/c1-20(2)17-33-29(37)27(15-21-7-5-4-6-8-21)34(18-22-9-10-23(30)16-26(22)31)28(36)19-35(40(3,38)39)25-13-11-24(32)12-14-25/h4-14,16,20,27H,15,17-19H2,1-3H3,(H,33,37)/t27-/m0/s1. The largest absolute Gasteiger partial charge is 0.354 e. The highest BCUT2D eigenvalue weighted by Gasteiger charge is 2.33. The second-order valence-electron chi connectivity index (χ2n) is 9.85. The molecule has 0 saturated heterocycles. The van der Waals surface area contributed by atoms with Crippen LogP contribution in [0.5, 0.6) is 0 Å². The fourth-order valence-electron chi connectivity index (χ4n) is 4.03. The van der Waals surface area contributed by atoms with Crippen molar-refractivity contribution in [2.75, 3.05) is 23.7 Å². The molecule has 3 rings (SSSR count). The van der Waals surface area contributed by atoms with Crippen LogP contribution in [0.15, 0.2) is 72.8 Å². The molecule has 0 heterocycles. The topological polar surface area (TPSA) is 86.8 Å². The van der Waals surface area contributed by atoms with E-state index in [1.165, 1.54) is 4.90 Å². The molecule has 0 spiro atoms. The van der Waals surface area contributed by atoms with Crippen LogP contribution in [0.3, 0.4) is 0 Å². The Hall–Kier alpha value is -2.34. The molecule has 0 saturated carbocycles. The van der Waals surface area contributed by atoms with Crippen molar-refractivity contribution in [1.82, 2.24) is 10.2 Å². The van der Waals surface area contributed by atoms with Gasteiger partial charge >= 0.3 is 0 Å². The highest BCUT2D eigenvalue weighted by Crippen LogP contribution is 2.25. The van der Waals surface area contributed by atoms with Gasteiger partial charge in [-0.3, -0.25) is 13.9 Å². The van der Waals surface area contributed by atoms with Crippen LogP contribution in [0.1, 0.15) is 25.0 Å². The van der Waals surface area contributed by atoms with E-state index in [2.05, 4.69) is 27.9 Å². The molecule has 1 atom stereocenters. The number of hydrogen-bond donors (Lipinski definition) is 1. The van der Waals surface area contributed by atoms with Crippen molar-refractivity contribution < 1.29 is 18.0 Å². The first-order valence-corrected chi connectivity index (χ1v) is 16.3. The molecule has 0 aliphatic rings. The van der Waals surface area contributed by atoms with E-state index in [1.54, 1.807) is 42.5 Å². The lowest BCUT2D eigenvalue weighted by Crippen LogP contribution is -2.53. The number of anilines is 1. The van der Waals surface area contributed by atoms with Gasteiger partial charge in [-0.15, -0.1) is 0 Å². The number of carbonyl (C=O) groups excluding carboxylic acids is 2. The minimum atomic E-state index is -3.83. The van der Waals surface area contributed by atoms with Gasteiger partial charge in [-0.2, -0.15) is 0 Å². The van der Waals surface area contributed by atoms with Gasteiger partial charge in [0.2, 0.25) is 21.8 Å². The van der Waals surface area contributed by atoms with E-state index in [4.69, 9.17) is 23.2 Å². The summed E-state index contributed by atoms with van der Waals surface area (Å²) < 4.78 is 27.6. The molecule has 0 radical (unpaired) electrons. The lowest BCUT2D eigenvalue weighted by molar-refractivity contribution is -0.140. The third-order valence-electron chi connectivity index (χ3n) is 6.11. The molecule has 40 heavy (non-hydrogen) atoms. The Balaban J connectivity index is 2.06. The van der Waals surface area contributed by atoms with Crippen LogP contribution in [0.4, 0.5) is 5.69 Å². The summed E-state index contributed by atoms with van der Waals surface area (Å²) in [5, 5.41) is 3.72. The van der Waals surface area contributed by atoms with Crippen molar-refractivity contribution in [3.05, 3.63) is 97.5 Å². The average molecular weight is 716 g/mol. The molecule has 0 fully saturated rings. The molecule has 214 valence electrons. The zero-order valence-electron chi connectivity index (χ0n) is 22.5. The van der Waals surface area contributed by atoms with Crippen LogP contribution in [0.2, 0.25) is 10.0 Å². The molecule has 0 aromatic heterocycles. The van der Waals surface area contributed by atoms with Gasteiger partial charge in [0.1, 0.15) is 12.6 Å². The molecule has 3 aromatic rings. The summed E-state index contributed by atoms with van der Waals surface area (Å²) in [4.78, 5) is 29.1. The Bertz CT molecular complexity index is 1420. The van der Waals surface area contributed by atoms with Gasteiger partial charge in [0.15, 0.2) is 0 Å². The van der Waals surface area contributed by atoms with Gasteiger partial charge in [0.25, 0.3) is 0 Å². The van der Waals surface area contributed by atoms with E-state index in [0.717, 1.165) is 19.7 Å². The zero-order chi connectivity index (χ0) is 29.4. The van der Waals surface area contributed by atoms with E-state index in [0.29, 0.717) is 27.8 Å². The maximum absolute atomic E-state index is 14.1. The number of hydrogen-bond acceptors (Lipinski definition) is 4. The van der Waals surface area contributed by atoms with Crippen molar-refractivity contribution in [1.29, 1.82) is 0 Å². The monoisotopic (exact) mass is 715 g/mol. The predicted octanol–water partition coefficient (Wildman–Crippen LogP) is 5.78. The van der Waals surface area contributed by atoms with E-state index >= 15 is 0 Å². The number of benzene rings is 3. The first-order valence-electron chi connectivity index (χ1n) is 12.6. The maximum atomic E-state index is 14.1. The lowest BCUT2D eigenvalue weighted by atomic mass is 10.0. The number of sulfonamides is 1. The molecule has 11 heteroatoms. The number of rotatable bonds is 12. The van der Waals surface area contributed by atoms with Crippen molar-refractivity contribution in [3.8, 4) is 0 Å². The minimum Gasteiger partial charge on any atom is -0.354 e.